The molecule has 0 aromatic heterocycles. The van der Waals surface area contributed by atoms with Crippen LogP contribution in [0.4, 0.5) is 0 Å². The predicted molar refractivity (Wildman–Crippen MR) is 67.3 cm³/mol. The molecular formula is C11H16N2O5S. The van der Waals surface area contributed by atoms with E-state index in [0.717, 1.165) is 0 Å². The molecule has 1 atom stereocenters. The van der Waals surface area contributed by atoms with E-state index < -0.39 is 22.0 Å². The van der Waals surface area contributed by atoms with Gasteiger partial charge in [0.25, 0.3) is 5.91 Å². The molecule has 0 bridgehead atoms. The molecule has 0 saturated heterocycles. The molecule has 0 aliphatic rings. The Bertz CT molecular complexity index is 527. The number of carbonyl (C=O) groups excluding carboxylic acids is 1. The SMILES string of the molecule is CCC(NS(=O)(=O)c1ccc(OC)cc1)C(=O)NO. The van der Waals surface area contributed by atoms with E-state index in [1.807, 2.05) is 0 Å². The standard InChI is InChI=1S/C11H16N2O5S/c1-3-10(11(14)12-15)13-19(16,17)9-6-4-8(18-2)5-7-9/h4-7,10,13,15H,3H2,1-2H3,(H,12,14). The molecular weight excluding hydrogens is 272 g/mol. The summed E-state index contributed by atoms with van der Waals surface area (Å²) in [5.74, 6) is -0.279. The number of rotatable bonds is 6. The lowest BCUT2D eigenvalue weighted by Crippen LogP contribution is -2.45. The third kappa shape index (κ3) is 3.91. The van der Waals surface area contributed by atoms with Crippen LogP contribution in [0.25, 0.3) is 0 Å². The molecule has 1 rings (SSSR count). The van der Waals surface area contributed by atoms with Crippen molar-refractivity contribution < 1.29 is 23.2 Å². The van der Waals surface area contributed by atoms with Gasteiger partial charge in [0.1, 0.15) is 11.8 Å². The first-order valence-electron chi connectivity index (χ1n) is 5.55. The van der Waals surface area contributed by atoms with Crippen LogP contribution in [0.5, 0.6) is 5.75 Å². The zero-order valence-electron chi connectivity index (χ0n) is 10.6. The Morgan fingerprint density at radius 2 is 1.95 bits per heavy atom. The lowest BCUT2D eigenvalue weighted by atomic mass is 10.2. The average molecular weight is 288 g/mol. The van der Waals surface area contributed by atoms with E-state index in [2.05, 4.69) is 4.72 Å². The monoisotopic (exact) mass is 288 g/mol. The maximum atomic E-state index is 12.0. The molecule has 1 unspecified atom stereocenters. The summed E-state index contributed by atoms with van der Waals surface area (Å²) in [6.07, 6.45) is 0.210. The van der Waals surface area contributed by atoms with Gasteiger partial charge in [-0.25, -0.2) is 13.9 Å². The molecule has 0 aliphatic heterocycles. The minimum absolute atomic E-state index is 0.0116. The zero-order valence-corrected chi connectivity index (χ0v) is 11.4. The van der Waals surface area contributed by atoms with Crippen molar-refractivity contribution >= 4 is 15.9 Å². The maximum Gasteiger partial charge on any atom is 0.261 e. The van der Waals surface area contributed by atoms with E-state index >= 15 is 0 Å². The average Bonchev–Trinajstić information content (AvgIpc) is 2.44. The number of hydrogen-bond donors (Lipinski definition) is 3. The predicted octanol–water partition coefficient (Wildman–Crippen LogP) is 0.258. The fourth-order valence-electron chi connectivity index (χ4n) is 1.41. The molecule has 0 radical (unpaired) electrons. The molecule has 7 nitrogen and oxygen atoms in total. The van der Waals surface area contributed by atoms with Crippen molar-refractivity contribution in [2.75, 3.05) is 7.11 Å². The number of amides is 1. The van der Waals surface area contributed by atoms with Crippen molar-refractivity contribution in [1.29, 1.82) is 0 Å². The summed E-state index contributed by atoms with van der Waals surface area (Å²) >= 11 is 0. The molecule has 1 aromatic rings. The molecule has 19 heavy (non-hydrogen) atoms. The quantitative estimate of drug-likeness (QED) is 0.514. The van der Waals surface area contributed by atoms with Gasteiger partial charge in [0, 0.05) is 0 Å². The van der Waals surface area contributed by atoms with Gasteiger partial charge in [-0.3, -0.25) is 10.0 Å². The van der Waals surface area contributed by atoms with Gasteiger partial charge in [-0.05, 0) is 30.7 Å². The second-order valence-electron chi connectivity index (χ2n) is 3.73. The molecule has 0 heterocycles. The van der Waals surface area contributed by atoms with Crippen LogP contribution >= 0.6 is 0 Å². The van der Waals surface area contributed by atoms with E-state index in [1.165, 1.54) is 36.9 Å². The summed E-state index contributed by atoms with van der Waals surface area (Å²) in [6.45, 7) is 1.62. The van der Waals surface area contributed by atoms with Crippen LogP contribution in [0.1, 0.15) is 13.3 Å². The van der Waals surface area contributed by atoms with E-state index in [4.69, 9.17) is 9.94 Å². The lowest BCUT2D eigenvalue weighted by molar-refractivity contribution is -0.131. The van der Waals surface area contributed by atoms with Gasteiger partial charge in [0.2, 0.25) is 10.0 Å². The second kappa shape index (κ2) is 6.50. The summed E-state index contributed by atoms with van der Waals surface area (Å²) < 4.78 is 31.2. The molecule has 1 aromatic carbocycles. The Hall–Kier alpha value is -1.64. The van der Waals surface area contributed by atoms with Crippen LogP contribution in [-0.2, 0) is 14.8 Å². The van der Waals surface area contributed by atoms with Gasteiger partial charge >= 0.3 is 0 Å². The number of hydrogen-bond acceptors (Lipinski definition) is 5. The smallest absolute Gasteiger partial charge is 0.261 e. The van der Waals surface area contributed by atoms with Crippen LogP contribution < -0.4 is 14.9 Å². The Balaban J connectivity index is 2.93. The van der Waals surface area contributed by atoms with Crippen LogP contribution in [0, 0.1) is 0 Å². The molecule has 8 heteroatoms. The zero-order chi connectivity index (χ0) is 14.5. The molecule has 1 amide bonds. The summed E-state index contributed by atoms with van der Waals surface area (Å²) in [5, 5.41) is 8.52. The molecule has 0 saturated carbocycles. The number of benzene rings is 1. The number of ether oxygens (including phenoxy) is 1. The van der Waals surface area contributed by atoms with Crippen molar-refractivity contribution in [2.24, 2.45) is 0 Å². The van der Waals surface area contributed by atoms with E-state index in [1.54, 1.807) is 6.92 Å². The Morgan fingerprint density at radius 1 is 1.37 bits per heavy atom. The molecule has 0 aliphatic carbocycles. The van der Waals surface area contributed by atoms with Gasteiger partial charge in [0.15, 0.2) is 0 Å². The van der Waals surface area contributed by atoms with E-state index in [-0.39, 0.29) is 11.3 Å². The fourth-order valence-corrected chi connectivity index (χ4v) is 2.69. The number of nitrogens with one attached hydrogen (secondary N) is 2. The molecule has 0 spiro atoms. The van der Waals surface area contributed by atoms with Crippen LogP contribution in [0.2, 0.25) is 0 Å². The van der Waals surface area contributed by atoms with Gasteiger partial charge in [0.05, 0.1) is 12.0 Å². The van der Waals surface area contributed by atoms with Crippen LogP contribution in [-0.4, -0.2) is 32.7 Å². The van der Waals surface area contributed by atoms with E-state index in [0.29, 0.717) is 5.75 Å². The summed E-state index contributed by atoms with van der Waals surface area (Å²) in [7, 11) is -2.36. The minimum Gasteiger partial charge on any atom is -0.497 e. The Morgan fingerprint density at radius 3 is 2.37 bits per heavy atom. The van der Waals surface area contributed by atoms with Crippen molar-refractivity contribution in [1.82, 2.24) is 10.2 Å². The normalized spacial score (nSPS) is 12.8. The number of carbonyl (C=O) groups is 1. The second-order valence-corrected chi connectivity index (χ2v) is 5.45. The van der Waals surface area contributed by atoms with Crippen molar-refractivity contribution in [3.05, 3.63) is 24.3 Å². The highest BCUT2D eigenvalue weighted by Gasteiger charge is 2.23. The first kappa shape index (κ1) is 15.4. The topological polar surface area (TPSA) is 105 Å². The first-order chi connectivity index (χ1) is 8.94. The first-order valence-corrected chi connectivity index (χ1v) is 7.03. The summed E-state index contributed by atoms with van der Waals surface area (Å²) in [5.41, 5.74) is 1.42. The third-order valence-electron chi connectivity index (χ3n) is 2.50. The van der Waals surface area contributed by atoms with Gasteiger partial charge in [-0.15, -0.1) is 0 Å². The summed E-state index contributed by atoms with van der Waals surface area (Å²) in [6, 6.07) is 4.70. The maximum absolute atomic E-state index is 12.0. The Kier molecular flexibility index (Phi) is 5.28. The molecule has 106 valence electrons. The van der Waals surface area contributed by atoms with Crippen molar-refractivity contribution in [3.63, 3.8) is 0 Å². The highest BCUT2D eigenvalue weighted by molar-refractivity contribution is 7.89. The third-order valence-corrected chi connectivity index (χ3v) is 3.99. The van der Waals surface area contributed by atoms with Gasteiger partial charge < -0.3 is 4.74 Å². The highest BCUT2D eigenvalue weighted by atomic mass is 32.2. The fraction of sp³-hybridized carbons (Fsp3) is 0.364. The lowest BCUT2D eigenvalue weighted by Gasteiger charge is -2.15. The van der Waals surface area contributed by atoms with Gasteiger partial charge in [-0.1, -0.05) is 6.92 Å². The van der Waals surface area contributed by atoms with E-state index in [9.17, 15) is 13.2 Å². The Labute approximate surface area is 111 Å². The largest absolute Gasteiger partial charge is 0.497 e. The van der Waals surface area contributed by atoms with Crippen LogP contribution in [0.15, 0.2) is 29.2 Å². The number of methoxy groups -OCH3 is 1. The minimum atomic E-state index is -3.83. The number of hydroxylamine groups is 1. The van der Waals surface area contributed by atoms with Crippen molar-refractivity contribution in [3.8, 4) is 5.75 Å². The molecule has 3 N–H and O–H groups in total. The van der Waals surface area contributed by atoms with Crippen molar-refractivity contribution in [2.45, 2.75) is 24.3 Å². The number of sulfonamides is 1. The highest BCUT2D eigenvalue weighted by Crippen LogP contribution is 2.15. The summed E-state index contributed by atoms with van der Waals surface area (Å²) in [4.78, 5) is 11.3. The van der Waals surface area contributed by atoms with Crippen LogP contribution in [0.3, 0.4) is 0 Å². The molecule has 0 fully saturated rings. The van der Waals surface area contributed by atoms with Gasteiger partial charge in [-0.2, -0.15) is 4.72 Å².